The highest BCUT2D eigenvalue weighted by molar-refractivity contribution is 5.90. The van der Waals surface area contributed by atoms with Crippen LogP contribution in [0.1, 0.15) is 52.0 Å². The molecule has 1 aromatic rings. The van der Waals surface area contributed by atoms with Gasteiger partial charge in [0, 0.05) is 5.41 Å². The molecule has 42 heavy (non-hydrogen) atoms. The summed E-state index contributed by atoms with van der Waals surface area (Å²) in [7, 11) is 0. The van der Waals surface area contributed by atoms with Crippen molar-refractivity contribution in [3.05, 3.63) is 47.5 Å². The first-order valence-electron chi connectivity index (χ1n) is 15.5. The lowest BCUT2D eigenvalue weighted by Gasteiger charge is -2.58. The third kappa shape index (κ3) is 3.05. The summed E-state index contributed by atoms with van der Waals surface area (Å²) in [6.07, 6.45) is 2.29. The molecular formula is C33H40O9. The summed E-state index contributed by atoms with van der Waals surface area (Å²) in [5, 5.41) is 22.7. The average Bonchev–Trinajstić information content (AvgIpc) is 3.71. The van der Waals surface area contributed by atoms with Crippen LogP contribution in [0, 0.1) is 45.8 Å². The fraction of sp³-hybridized carbons (Fsp3) is 0.697. The van der Waals surface area contributed by atoms with Crippen molar-refractivity contribution < 1.29 is 43.5 Å². The van der Waals surface area contributed by atoms with Crippen LogP contribution in [-0.2, 0) is 39.9 Å². The van der Waals surface area contributed by atoms with Crippen LogP contribution in [0.4, 0.5) is 0 Å². The molecule has 13 unspecified atom stereocenters. The van der Waals surface area contributed by atoms with Gasteiger partial charge in [-0.05, 0) is 54.4 Å². The van der Waals surface area contributed by atoms with E-state index in [2.05, 4.69) is 13.0 Å². The van der Waals surface area contributed by atoms with Crippen LogP contribution in [-0.4, -0.2) is 65.8 Å². The van der Waals surface area contributed by atoms with Gasteiger partial charge < -0.3 is 34.0 Å². The zero-order valence-electron chi connectivity index (χ0n) is 24.3. The fourth-order valence-electron chi connectivity index (χ4n) is 10.8. The number of hydrogen-bond acceptors (Lipinski definition) is 8. The second-order valence-electron chi connectivity index (χ2n) is 14.3. The largest absolute Gasteiger partial charge is 0.481 e. The maximum Gasteiger partial charge on any atom is 0.316 e. The van der Waals surface area contributed by atoms with E-state index in [9.17, 15) is 19.8 Å². The number of carboxylic acids is 1. The molecule has 9 heteroatoms. The Hall–Kier alpha value is -2.14. The van der Waals surface area contributed by atoms with Gasteiger partial charge in [0.2, 0.25) is 0 Å². The van der Waals surface area contributed by atoms with Gasteiger partial charge in [0.1, 0.15) is 30.0 Å². The normalized spacial score (nSPS) is 50.9. The standard InChI is InChI=1S/C33H40O9/c1-17(2)23-11-20-12-30(15-34)22-10-9-18(3)21(22)13-31(20,32(23,30)29(36)37)16-39-33-27(35)25-24(26(41-33)28(40-25)42-33)38-14-19-7-5-4-6-8-19/h4-8,11,15,17-18,20-22,24-28,35H,9-10,12-14,16H2,1-3H3,(H,36,37). The van der Waals surface area contributed by atoms with E-state index in [-0.39, 0.29) is 30.3 Å². The SMILES string of the molecule is CC(C)C1=CC2CC3(C=O)C4CCC(C)C4CC2(COC24OC5OC(C(OCc6ccccc6)C5O2)C4O)C13C(=O)O. The molecule has 4 saturated heterocycles. The molecule has 0 radical (unpaired) electrons. The van der Waals surface area contributed by atoms with Gasteiger partial charge >= 0.3 is 11.9 Å². The van der Waals surface area contributed by atoms with Crippen molar-refractivity contribution in [3.8, 4) is 0 Å². The minimum Gasteiger partial charge on any atom is -0.481 e. The molecule has 13 atom stereocenters. The van der Waals surface area contributed by atoms with E-state index in [1.807, 2.05) is 44.2 Å². The number of aldehydes is 1. The smallest absolute Gasteiger partial charge is 0.316 e. The van der Waals surface area contributed by atoms with E-state index in [0.29, 0.717) is 25.4 Å². The third-order valence-electron chi connectivity index (χ3n) is 12.4. The number of carbonyl (C=O) groups excluding carboxylic acids is 1. The predicted octanol–water partition coefficient (Wildman–Crippen LogP) is 3.68. The molecule has 1 aromatic carbocycles. The van der Waals surface area contributed by atoms with E-state index < -0.39 is 58.9 Å². The number of aliphatic hydroxyl groups is 1. The van der Waals surface area contributed by atoms with E-state index >= 15 is 0 Å². The molecule has 4 heterocycles. The van der Waals surface area contributed by atoms with Crippen molar-refractivity contribution in [2.24, 2.45) is 45.8 Å². The molecule has 9 rings (SSSR count). The van der Waals surface area contributed by atoms with Crippen molar-refractivity contribution in [2.45, 2.75) is 89.7 Å². The molecule has 4 aliphatic carbocycles. The van der Waals surface area contributed by atoms with Crippen molar-refractivity contribution in [2.75, 3.05) is 6.61 Å². The number of ether oxygens (including phenoxy) is 5. The quantitative estimate of drug-likeness (QED) is 0.333. The van der Waals surface area contributed by atoms with Crippen molar-refractivity contribution in [1.29, 1.82) is 0 Å². The van der Waals surface area contributed by atoms with Crippen molar-refractivity contribution in [3.63, 3.8) is 0 Å². The Morgan fingerprint density at radius 3 is 2.64 bits per heavy atom. The summed E-state index contributed by atoms with van der Waals surface area (Å²) < 4.78 is 31.1. The van der Waals surface area contributed by atoms with Crippen molar-refractivity contribution >= 4 is 12.3 Å². The van der Waals surface area contributed by atoms with Crippen molar-refractivity contribution in [1.82, 2.24) is 0 Å². The summed E-state index contributed by atoms with van der Waals surface area (Å²) in [6.45, 7) is 6.61. The monoisotopic (exact) mass is 580 g/mol. The molecule has 2 N–H and O–H groups in total. The van der Waals surface area contributed by atoms with Crippen LogP contribution >= 0.6 is 0 Å². The number of fused-ring (bicyclic) bond motifs is 2. The van der Waals surface area contributed by atoms with Crippen LogP contribution in [0.15, 0.2) is 42.0 Å². The number of aliphatic hydroxyl groups excluding tert-OH is 1. The summed E-state index contributed by atoms with van der Waals surface area (Å²) >= 11 is 0. The first kappa shape index (κ1) is 27.4. The van der Waals surface area contributed by atoms with Gasteiger partial charge in [-0.3, -0.25) is 9.53 Å². The Labute approximate surface area is 245 Å². The second-order valence-corrected chi connectivity index (χ2v) is 14.3. The lowest BCUT2D eigenvalue weighted by atomic mass is 9.43. The summed E-state index contributed by atoms with van der Waals surface area (Å²) in [5.41, 5.74) is -1.38. The molecule has 3 saturated carbocycles. The minimum absolute atomic E-state index is 0.000968. The van der Waals surface area contributed by atoms with Gasteiger partial charge in [-0.2, -0.15) is 0 Å². The average molecular weight is 581 g/mol. The van der Waals surface area contributed by atoms with Crippen LogP contribution in [0.3, 0.4) is 0 Å². The number of carbonyl (C=O) groups is 2. The molecule has 0 amide bonds. The number of benzene rings is 1. The second kappa shape index (κ2) is 8.96. The first-order chi connectivity index (χ1) is 20.1. The fourth-order valence-corrected chi connectivity index (χ4v) is 10.8. The zero-order chi connectivity index (χ0) is 29.2. The molecule has 0 aromatic heterocycles. The van der Waals surface area contributed by atoms with E-state index in [0.717, 1.165) is 30.3 Å². The number of allylic oxidation sites excluding steroid dienone is 1. The molecule has 0 spiro atoms. The maximum absolute atomic E-state index is 13.7. The molecular weight excluding hydrogens is 540 g/mol. The number of carboxylic acid groups (broad SMARTS) is 1. The molecule has 7 fully saturated rings. The van der Waals surface area contributed by atoms with Crippen LogP contribution in [0.25, 0.3) is 0 Å². The van der Waals surface area contributed by atoms with E-state index in [4.69, 9.17) is 23.7 Å². The van der Waals surface area contributed by atoms with Gasteiger partial charge in [-0.25, -0.2) is 0 Å². The van der Waals surface area contributed by atoms with Crippen LogP contribution in [0.2, 0.25) is 0 Å². The highest BCUT2D eigenvalue weighted by Crippen LogP contribution is 2.82. The Kier molecular flexibility index (Phi) is 5.85. The summed E-state index contributed by atoms with van der Waals surface area (Å²) in [6, 6.07) is 9.76. The number of hydrogen-bond donors (Lipinski definition) is 2. The Morgan fingerprint density at radius 1 is 1.14 bits per heavy atom. The lowest BCUT2D eigenvalue weighted by Crippen LogP contribution is -2.66. The highest BCUT2D eigenvalue weighted by Gasteiger charge is 2.85. The van der Waals surface area contributed by atoms with E-state index in [1.54, 1.807) is 0 Å². The number of aliphatic carboxylic acids is 1. The summed E-state index contributed by atoms with van der Waals surface area (Å²) in [4.78, 5) is 27.0. The molecule has 4 aliphatic heterocycles. The predicted molar refractivity (Wildman–Crippen MR) is 146 cm³/mol. The van der Waals surface area contributed by atoms with Gasteiger partial charge in [0.25, 0.3) is 0 Å². The maximum atomic E-state index is 13.7. The lowest BCUT2D eigenvalue weighted by molar-refractivity contribution is -0.449. The molecule has 9 nitrogen and oxygen atoms in total. The van der Waals surface area contributed by atoms with Gasteiger partial charge in [0.05, 0.1) is 18.6 Å². The molecule has 8 aliphatic rings. The van der Waals surface area contributed by atoms with Gasteiger partial charge in [-0.15, -0.1) is 0 Å². The van der Waals surface area contributed by atoms with Gasteiger partial charge in [-0.1, -0.05) is 69.2 Å². The highest BCUT2D eigenvalue weighted by atomic mass is 17.0. The zero-order valence-corrected chi connectivity index (χ0v) is 24.3. The third-order valence-corrected chi connectivity index (χ3v) is 12.4. The van der Waals surface area contributed by atoms with Crippen LogP contribution in [0.5, 0.6) is 0 Å². The summed E-state index contributed by atoms with van der Waals surface area (Å²) in [5.74, 6) is -2.22. The Bertz CT molecular complexity index is 1330. The van der Waals surface area contributed by atoms with E-state index in [1.165, 1.54) is 0 Å². The van der Waals surface area contributed by atoms with Crippen LogP contribution < -0.4 is 0 Å². The minimum atomic E-state index is -1.78. The topological polar surface area (TPSA) is 121 Å². The molecule has 226 valence electrons. The van der Waals surface area contributed by atoms with Gasteiger partial charge in [0.15, 0.2) is 12.4 Å². The number of rotatable bonds is 9. The molecule has 8 bridgehead atoms. The Balaban J connectivity index is 1.12. The first-order valence-corrected chi connectivity index (χ1v) is 15.5. The Morgan fingerprint density at radius 2 is 1.93 bits per heavy atom.